The van der Waals surface area contributed by atoms with E-state index >= 15 is 0 Å². The van der Waals surface area contributed by atoms with Gasteiger partial charge in [0.15, 0.2) is 5.82 Å². The molecule has 3 aromatic heterocycles. The van der Waals surface area contributed by atoms with Crippen molar-refractivity contribution in [2.24, 2.45) is 0 Å². The highest BCUT2D eigenvalue weighted by molar-refractivity contribution is 5.97. The molecule has 2 aliphatic heterocycles. The van der Waals surface area contributed by atoms with E-state index in [0.29, 0.717) is 18.9 Å². The molecule has 0 aliphatic carbocycles. The molecule has 9 nitrogen and oxygen atoms in total. The molecule has 5 heterocycles. The Kier molecular flexibility index (Phi) is 6.59. The molecule has 0 unspecified atom stereocenters. The minimum absolute atomic E-state index is 0.0616. The summed E-state index contributed by atoms with van der Waals surface area (Å²) in [5.41, 5.74) is 7.51. The van der Waals surface area contributed by atoms with Crippen LogP contribution in [0.5, 0.6) is 0 Å². The number of hydrogen-bond donors (Lipinski definition) is 3. The van der Waals surface area contributed by atoms with Crippen molar-refractivity contribution in [3.05, 3.63) is 78.4 Å². The number of fused-ring (bicyclic) bond motifs is 2. The molecule has 1 amide bonds. The average Bonchev–Trinajstić information content (AvgIpc) is 3.68. The highest BCUT2D eigenvalue weighted by atomic mass is 16.2. The number of anilines is 2. The quantitative estimate of drug-likeness (QED) is 0.295. The van der Waals surface area contributed by atoms with Gasteiger partial charge in [0.2, 0.25) is 0 Å². The van der Waals surface area contributed by atoms with Gasteiger partial charge >= 0.3 is 0 Å². The van der Waals surface area contributed by atoms with Crippen LogP contribution < -0.4 is 10.6 Å². The van der Waals surface area contributed by atoms with E-state index in [-0.39, 0.29) is 5.91 Å². The molecule has 3 N–H and O–H groups in total. The number of benzene rings is 2. The van der Waals surface area contributed by atoms with Crippen molar-refractivity contribution in [1.82, 2.24) is 35.1 Å². The van der Waals surface area contributed by atoms with E-state index < -0.39 is 0 Å². The fourth-order valence-electron chi connectivity index (χ4n) is 5.66. The Bertz CT molecular complexity index is 1670. The molecule has 40 heavy (non-hydrogen) atoms. The number of aromatic amines is 1. The molecule has 0 atom stereocenters. The molecule has 0 saturated carbocycles. The molecule has 0 bridgehead atoms. The minimum Gasteiger partial charge on any atom is -0.355 e. The normalized spacial score (nSPS) is 16.1. The van der Waals surface area contributed by atoms with Gasteiger partial charge in [0, 0.05) is 61.8 Å². The molecule has 7 rings (SSSR count). The summed E-state index contributed by atoms with van der Waals surface area (Å²) in [6, 6.07) is 18.7. The Labute approximate surface area is 232 Å². The molecule has 0 radical (unpaired) electrons. The van der Waals surface area contributed by atoms with E-state index in [9.17, 15) is 4.79 Å². The van der Waals surface area contributed by atoms with Gasteiger partial charge in [-0.25, -0.2) is 9.97 Å². The Morgan fingerprint density at radius 3 is 2.55 bits per heavy atom. The standard InChI is InChI=1S/C31H32N8O/c40-31(39-15-11-32-12-16-39)30-36-26-8-5-22(17-29(26)37-30)27-18-28(24-19-33-10-9-25(24)35-27)34-23-6-3-21(4-7-23)20-38-13-1-2-14-38/h3-10,17-19,32H,1-2,11-16,20H2,(H,34,35)(H,36,37). The van der Waals surface area contributed by atoms with Gasteiger partial charge in [-0.05, 0) is 67.9 Å². The van der Waals surface area contributed by atoms with Crippen LogP contribution in [0, 0.1) is 0 Å². The molecule has 9 heteroatoms. The van der Waals surface area contributed by atoms with Crippen molar-refractivity contribution >= 4 is 39.2 Å². The molecule has 2 fully saturated rings. The second kappa shape index (κ2) is 10.7. The number of nitrogens with one attached hydrogen (secondary N) is 3. The summed E-state index contributed by atoms with van der Waals surface area (Å²) in [6.45, 7) is 6.37. The predicted molar refractivity (Wildman–Crippen MR) is 158 cm³/mol. The van der Waals surface area contributed by atoms with Crippen LogP contribution in [0.3, 0.4) is 0 Å². The maximum absolute atomic E-state index is 13.0. The molecule has 5 aromatic rings. The van der Waals surface area contributed by atoms with E-state index in [4.69, 9.17) is 4.98 Å². The highest BCUT2D eigenvalue weighted by Crippen LogP contribution is 2.31. The van der Waals surface area contributed by atoms with Gasteiger partial charge in [0.25, 0.3) is 5.91 Å². The second-order valence-corrected chi connectivity index (χ2v) is 10.6. The third kappa shape index (κ3) is 5.01. The first-order chi connectivity index (χ1) is 19.7. The van der Waals surface area contributed by atoms with Crippen LogP contribution in [0.4, 0.5) is 11.4 Å². The summed E-state index contributed by atoms with van der Waals surface area (Å²) >= 11 is 0. The van der Waals surface area contributed by atoms with Crippen LogP contribution >= 0.6 is 0 Å². The van der Waals surface area contributed by atoms with Crippen LogP contribution in [-0.2, 0) is 6.54 Å². The number of aromatic nitrogens is 4. The number of pyridine rings is 2. The van der Waals surface area contributed by atoms with Crippen molar-refractivity contribution in [3.8, 4) is 11.3 Å². The van der Waals surface area contributed by atoms with Crippen LogP contribution in [0.15, 0.2) is 67.0 Å². The van der Waals surface area contributed by atoms with Gasteiger partial charge in [0.05, 0.1) is 27.9 Å². The lowest BCUT2D eigenvalue weighted by atomic mass is 10.1. The molecule has 2 aromatic carbocycles. The maximum Gasteiger partial charge on any atom is 0.289 e. The van der Waals surface area contributed by atoms with Gasteiger partial charge in [-0.1, -0.05) is 18.2 Å². The highest BCUT2D eigenvalue weighted by Gasteiger charge is 2.21. The molecular formula is C31H32N8O. The van der Waals surface area contributed by atoms with Crippen LogP contribution in [0.2, 0.25) is 0 Å². The fourth-order valence-corrected chi connectivity index (χ4v) is 5.66. The lowest BCUT2D eigenvalue weighted by Crippen LogP contribution is -2.46. The van der Waals surface area contributed by atoms with E-state index in [1.165, 1.54) is 31.5 Å². The predicted octanol–water partition coefficient (Wildman–Crippen LogP) is 4.56. The number of H-pyrrole nitrogens is 1. The number of imidazole rings is 1. The monoisotopic (exact) mass is 532 g/mol. The first-order valence-electron chi connectivity index (χ1n) is 14.0. The summed E-state index contributed by atoms with van der Waals surface area (Å²) in [4.78, 5) is 34.4. The minimum atomic E-state index is -0.0616. The van der Waals surface area contributed by atoms with Gasteiger partial charge in [-0.15, -0.1) is 0 Å². The smallest absolute Gasteiger partial charge is 0.289 e. The van der Waals surface area contributed by atoms with Crippen molar-refractivity contribution < 1.29 is 4.79 Å². The summed E-state index contributed by atoms with van der Waals surface area (Å²) in [5, 5.41) is 7.84. The fraction of sp³-hybridized carbons (Fsp3) is 0.290. The van der Waals surface area contributed by atoms with Crippen LogP contribution in [0.1, 0.15) is 29.0 Å². The van der Waals surface area contributed by atoms with Gasteiger partial charge in [-0.3, -0.25) is 14.7 Å². The Morgan fingerprint density at radius 1 is 0.900 bits per heavy atom. The Hall–Kier alpha value is -4.34. The van der Waals surface area contributed by atoms with Crippen molar-refractivity contribution in [1.29, 1.82) is 0 Å². The van der Waals surface area contributed by atoms with Gasteiger partial charge in [0.1, 0.15) is 0 Å². The van der Waals surface area contributed by atoms with E-state index in [0.717, 1.165) is 64.2 Å². The zero-order valence-corrected chi connectivity index (χ0v) is 22.4. The van der Waals surface area contributed by atoms with Crippen LogP contribution in [0.25, 0.3) is 33.2 Å². The third-order valence-electron chi connectivity index (χ3n) is 7.83. The van der Waals surface area contributed by atoms with E-state index in [1.807, 2.05) is 35.4 Å². The van der Waals surface area contributed by atoms with E-state index in [1.54, 1.807) is 6.20 Å². The van der Waals surface area contributed by atoms with E-state index in [2.05, 4.69) is 60.8 Å². The lowest BCUT2D eigenvalue weighted by molar-refractivity contribution is 0.0725. The summed E-state index contributed by atoms with van der Waals surface area (Å²) in [7, 11) is 0. The summed E-state index contributed by atoms with van der Waals surface area (Å²) in [5.74, 6) is 0.315. The summed E-state index contributed by atoms with van der Waals surface area (Å²) < 4.78 is 0. The number of amides is 1. The van der Waals surface area contributed by atoms with Crippen molar-refractivity contribution in [2.45, 2.75) is 19.4 Å². The lowest BCUT2D eigenvalue weighted by Gasteiger charge is -2.26. The number of nitrogens with zero attached hydrogens (tertiary/aromatic N) is 5. The molecule has 2 saturated heterocycles. The topological polar surface area (TPSA) is 102 Å². The number of carbonyl (C=O) groups is 1. The maximum atomic E-state index is 13.0. The first-order valence-corrected chi connectivity index (χ1v) is 14.0. The van der Waals surface area contributed by atoms with Gasteiger partial charge < -0.3 is 20.5 Å². The molecular weight excluding hydrogens is 500 g/mol. The van der Waals surface area contributed by atoms with Crippen LogP contribution in [-0.4, -0.2) is 74.9 Å². The zero-order chi connectivity index (χ0) is 26.9. The van der Waals surface area contributed by atoms with Crippen molar-refractivity contribution in [2.75, 3.05) is 44.6 Å². The number of likely N-dealkylation sites (tertiary alicyclic amines) is 1. The number of carbonyl (C=O) groups excluding carboxylic acids is 1. The average molecular weight is 533 g/mol. The first kappa shape index (κ1) is 24.7. The Morgan fingerprint density at radius 2 is 1.73 bits per heavy atom. The number of piperazine rings is 1. The number of hydrogen-bond acceptors (Lipinski definition) is 7. The third-order valence-corrected chi connectivity index (χ3v) is 7.83. The zero-order valence-electron chi connectivity index (χ0n) is 22.4. The molecule has 202 valence electrons. The second-order valence-electron chi connectivity index (χ2n) is 10.6. The Balaban J connectivity index is 1.17. The van der Waals surface area contributed by atoms with Gasteiger partial charge in [-0.2, -0.15) is 0 Å². The summed E-state index contributed by atoms with van der Waals surface area (Å²) in [6.07, 6.45) is 6.22. The largest absolute Gasteiger partial charge is 0.355 e. The van der Waals surface area contributed by atoms with Crippen molar-refractivity contribution in [3.63, 3.8) is 0 Å². The molecule has 0 spiro atoms. The molecule has 2 aliphatic rings. The number of rotatable bonds is 6. The SMILES string of the molecule is O=C(c1nc2ccc(-c3cc(Nc4ccc(CN5CCCC5)cc4)c4cnccc4n3)cc2[nH]1)N1CCNCC1.